The van der Waals surface area contributed by atoms with E-state index in [1.807, 2.05) is 18.2 Å². The molecule has 0 heterocycles. The van der Waals surface area contributed by atoms with Gasteiger partial charge in [-0.15, -0.1) is 0 Å². The van der Waals surface area contributed by atoms with Gasteiger partial charge in [0.1, 0.15) is 28.9 Å². The first-order valence-electron chi connectivity index (χ1n) is 13.9. The van der Waals surface area contributed by atoms with Gasteiger partial charge in [0.05, 0.1) is 6.16 Å². The maximum absolute atomic E-state index is 12.7. The average molecular weight is 639 g/mol. The molecule has 5 rings (SSSR count). The second-order valence-electron chi connectivity index (χ2n) is 9.82. The number of rotatable bonds is 11. The summed E-state index contributed by atoms with van der Waals surface area (Å²) in [6.45, 7) is 0. The lowest BCUT2D eigenvalue weighted by atomic mass is 10.2. The van der Waals surface area contributed by atoms with Crippen molar-refractivity contribution in [2.45, 2.75) is 19.3 Å². The number of unbranched alkanes of at least 4 members (excludes halogenated alkanes) is 1. The van der Waals surface area contributed by atoms with Crippen LogP contribution < -0.4 is 42.9 Å². The highest BCUT2D eigenvalue weighted by Gasteiger charge is 2.44. The third-order valence-electron chi connectivity index (χ3n) is 7.10. The standard InChI is InChI=1S/C36H32NO3P.BrH/c38-35(40-31-26-24-30(25-27-31)37-36(39)29-15-5-1-6-16-29)23-13-14-28-41(32-17-7-2-8-18-32,33-19-9-3-10-20-33)34-21-11-4-12-22-34;/h1-12,15-22,24-27H,13-14,23,28H2;1H. The summed E-state index contributed by atoms with van der Waals surface area (Å²) in [5.74, 6) is 0.0253. The van der Waals surface area contributed by atoms with Gasteiger partial charge in [-0.05, 0) is 85.6 Å². The summed E-state index contributed by atoms with van der Waals surface area (Å²) in [4.78, 5) is 25.1. The molecule has 5 aromatic carbocycles. The maximum atomic E-state index is 12.7. The van der Waals surface area contributed by atoms with Gasteiger partial charge in [0.15, 0.2) is 0 Å². The Balaban J connectivity index is 0.00000405. The van der Waals surface area contributed by atoms with Gasteiger partial charge < -0.3 is 27.0 Å². The van der Waals surface area contributed by atoms with E-state index < -0.39 is 7.26 Å². The highest BCUT2D eigenvalue weighted by molar-refractivity contribution is 7.95. The number of hydrogen-bond acceptors (Lipinski definition) is 3. The second-order valence-corrected chi connectivity index (χ2v) is 13.4. The molecule has 0 saturated heterocycles. The molecule has 0 bridgehead atoms. The van der Waals surface area contributed by atoms with Gasteiger partial charge in [0.25, 0.3) is 5.91 Å². The number of hydrogen-bond donors (Lipinski definition) is 1. The summed E-state index contributed by atoms with van der Waals surface area (Å²) >= 11 is 0. The van der Waals surface area contributed by atoms with E-state index in [-0.39, 0.29) is 28.9 Å². The van der Waals surface area contributed by atoms with Crippen LogP contribution in [0, 0.1) is 0 Å². The molecule has 0 spiro atoms. The highest BCUT2D eigenvalue weighted by Crippen LogP contribution is 2.55. The molecule has 42 heavy (non-hydrogen) atoms. The van der Waals surface area contributed by atoms with Crippen LogP contribution in [0.4, 0.5) is 5.69 Å². The average Bonchev–Trinajstić information content (AvgIpc) is 3.04. The van der Waals surface area contributed by atoms with Crippen LogP contribution in [0.5, 0.6) is 5.75 Å². The predicted octanol–water partition coefficient (Wildman–Crippen LogP) is 4.01. The molecule has 1 amide bonds. The number of amides is 1. The van der Waals surface area contributed by atoms with Crippen LogP contribution in [-0.2, 0) is 4.79 Å². The first-order valence-corrected chi connectivity index (χ1v) is 15.8. The van der Waals surface area contributed by atoms with Crippen LogP contribution >= 0.6 is 7.26 Å². The largest absolute Gasteiger partial charge is 1.00 e. The van der Waals surface area contributed by atoms with Crippen molar-refractivity contribution in [3.05, 3.63) is 151 Å². The molecule has 0 aliphatic carbocycles. The van der Waals surface area contributed by atoms with E-state index in [2.05, 4.69) is 96.3 Å². The van der Waals surface area contributed by atoms with E-state index in [1.165, 1.54) is 15.9 Å². The first kappa shape index (κ1) is 30.9. The Morgan fingerprint density at radius 1 is 0.571 bits per heavy atom. The Hall–Kier alpha value is -4.05. The Bertz CT molecular complexity index is 1450. The number of halogens is 1. The third kappa shape index (κ3) is 7.61. The Morgan fingerprint density at radius 2 is 1.02 bits per heavy atom. The van der Waals surface area contributed by atoms with Crippen LogP contribution in [-0.4, -0.2) is 18.0 Å². The molecule has 4 nitrogen and oxygen atoms in total. The molecular formula is C36H33BrNO3P. The number of esters is 1. The van der Waals surface area contributed by atoms with Crippen LogP contribution in [0.15, 0.2) is 146 Å². The van der Waals surface area contributed by atoms with Crippen molar-refractivity contribution in [2.24, 2.45) is 0 Å². The van der Waals surface area contributed by atoms with Gasteiger partial charge in [0, 0.05) is 17.7 Å². The minimum atomic E-state index is -1.91. The summed E-state index contributed by atoms with van der Waals surface area (Å²) in [6, 6.07) is 48.3. The molecule has 0 unspecified atom stereocenters. The normalized spacial score (nSPS) is 10.8. The van der Waals surface area contributed by atoms with Crippen molar-refractivity contribution in [1.29, 1.82) is 0 Å². The number of carbonyl (C=O) groups excluding carboxylic acids is 2. The SMILES string of the molecule is O=C(CCCC[P+](c1ccccc1)(c1ccccc1)c1ccccc1)Oc1ccc(NC(=O)c2ccccc2)cc1.[Br-]. The van der Waals surface area contributed by atoms with E-state index in [0.29, 0.717) is 23.4 Å². The van der Waals surface area contributed by atoms with Crippen LogP contribution in [0.3, 0.4) is 0 Å². The van der Waals surface area contributed by atoms with Crippen molar-refractivity contribution in [1.82, 2.24) is 0 Å². The lowest BCUT2D eigenvalue weighted by Gasteiger charge is -2.27. The van der Waals surface area contributed by atoms with E-state index in [9.17, 15) is 9.59 Å². The molecule has 0 saturated carbocycles. The van der Waals surface area contributed by atoms with Crippen LogP contribution in [0.25, 0.3) is 0 Å². The Morgan fingerprint density at radius 3 is 1.50 bits per heavy atom. The first-order chi connectivity index (χ1) is 20.1. The minimum Gasteiger partial charge on any atom is -1.00 e. The lowest BCUT2D eigenvalue weighted by molar-refractivity contribution is -0.134. The van der Waals surface area contributed by atoms with E-state index in [0.717, 1.165) is 19.0 Å². The molecule has 0 aliphatic rings. The zero-order valence-electron chi connectivity index (χ0n) is 23.2. The maximum Gasteiger partial charge on any atom is 0.311 e. The summed E-state index contributed by atoms with van der Waals surface area (Å²) < 4.78 is 5.60. The van der Waals surface area contributed by atoms with Crippen LogP contribution in [0.1, 0.15) is 29.6 Å². The van der Waals surface area contributed by atoms with E-state index >= 15 is 0 Å². The van der Waals surface area contributed by atoms with Gasteiger partial charge >= 0.3 is 5.97 Å². The van der Waals surface area contributed by atoms with Gasteiger partial charge in [-0.1, -0.05) is 72.8 Å². The molecule has 212 valence electrons. The fourth-order valence-corrected chi connectivity index (χ4v) is 9.49. The molecule has 0 aromatic heterocycles. The summed E-state index contributed by atoms with van der Waals surface area (Å²) in [7, 11) is -1.91. The molecule has 6 heteroatoms. The van der Waals surface area contributed by atoms with Gasteiger partial charge in [-0.25, -0.2) is 0 Å². The van der Waals surface area contributed by atoms with Crippen molar-refractivity contribution in [2.75, 3.05) is 11.5 Å². The third-order valence-corrected chi connectivity index (χ3v) is 11.6. The van der Waals surface area contributed by atoms with Crippen molar-refractivity contribution in [3.63, 3.8) is 0 Å². The number of carbonyl (C=O) groups is 2. The number of anilines is 1. The van der Waals surface area contributed by atoms with E-state index in [1.54, 1.807) is 36.4 Å². The topological polar surface area (TPSA) is 55.4 Å². The fraction of sp³-hybridized carbons (Fsp3) is 0.111. The quantitative estimate of drug-likeness (QED) is 0.103. The number of ether oxygens (including phenoxy) is 1. The van der Waals surface area contributed by atoms with Gasteiger partial charge in [-0.3, -0.25) is 9.59 Å². The monoisotopic (exact) mass is 637 g/mol. The van der Waals surface area contributed by atoms with Crippen molar-refractivity contribution >= 4 is 40.7 Å². The zero-order chi connectivity index (χ0) is 28.3. The lowest BCUT2D eigenvalue weighted by Crippen LogP contribution is -3.00. The molecule has 0 aliphatic heterocycles. The smallest absolute Gasteiger partial charge is 0.311 e. The summed E-state index contributed by atoms with van der Waals surface area (Å²) in [5.41, 5.74) is 1.22. The summed E-state index contributed by atoms with van der Waals surface area (Å²) in [5, 5.41) is 6.90. The molecule has 0 atom stereocenters. The highest BCUT2D eigenvalue weighted by atomic mass is 79.9. The predicted molar refractivity (Wildman–Crippen MR) is 170 cm³/mol. The van der Waals surface area contributed by atoms with Crippen LogP contribution in [0.2, 0.25) is 0 Å². The fourth-order valence-electron chi connectivity index (χ4n) is 5.08. The van der Waals surface area contributed by atoms with Crippen molar-refractivity contribution in [3.8, 4) is 5.75 Å². The molecule has 0 radical (unpaired) electrons. The number of nitrogens with one attached hydrogen (secondary N) is 1. The Kier molecular flexibility index (Phi) is 11.2. The molecule has 0 fully saturated rings. The van der Waals surface area contributed by atoms with Gasteiger partial charge in [-0.2, -0.15) is 0 Å². The molecule has 5 aromatic rings. The zero-order valence-corrected chi connectivity index (χ0v) is 25.7. The minimum absolute atomic E-state index is 0. The summed E-state index contributed by atoms with van der Waals surface area (Å²) in [6.07, 6.45) is 2.93. The molecule has 1 N–H and O–H groups in total. The Labute approximate surface area is 258 Å². The van der Waals surface area contributed by atoms with Crippen molar-refractivity contribution < 1.29 is 31.3 Å². The number of benzene rings is 5. The van der Waals surface area contributed by atoms with Gasteiger partial charge in [0.2, 0.25) is 0 Å². The molecular weight excluding hydrogens is 605 g/mol. The van der Waals surface area contributed by atoms with E-state index in [4.69, 9.17) is 4.74 Å². The second kappa shape index (κ2) is 15.3.